The number of carbonyl (C=O) groups is 1. The van der Waals surface area contributed by atoms with Crippen molar-refractivity contribution >= 4 is 17.5 Å². The van der Waals surface area contributed by atoms with Crippen molar-refractivity contribution in [2.75, 3.05) is 6.54 Å². The molecule has 2 aromatic rings. The molecule has 3 rings (SSSR count). The van der Waals surface area contributed by atoms with Crippen LogP contribution in [0.2, 0.25) is 5.02 Å². The molecule has 1 fully saturated rings. The van der Waals surface area contributed by atoms with Crippen molar-refractivity contribution in [3.05, 3.63) is 46.6 Å². The first-order valence-corrected chi connectivity index (χ1v) is 8.81. The van der Waals surface area contributed by atoms with E-state index in [1.54, 1.807) is 6.92 Å². The van der Waals surface area contributed by atoms with Gasteiger partial charge in [-0.15, -0.1) is 0 Å². The Balaban J connectivity index is 1.63. The molecule has 1 aromatic heterocycles. The molecule has 1 aliphatic rings. The van der Waals surface area contributed by atoms with E-state index in [4.69, 9.17) is 16.1 Å². The minimum atomic E-state index is -0.0761. The third-order valence-corrected chi connectivity index (χ3v) is 4.93. The molecule has 1 aromatic carbocycles. The van der Waals surface area contributed by atoms with Crippen molar-refractivity contribution in [3.8, 4) is 0 Å². The molecule has 0 radical (unpaired) electrons. The number of nitrogens with zero attached hydrogens (tertiary/aromatic N) is 2. The summed E-state index contributed by atoms with van der Waals surface area (Å²) in [5.41, 5.74) is 1.24. The van der Waals surface area contributed by atoms with Gasteiger partial charge in [0.1, 0.15) is 0 Å². The van der Waals surface area contributed by atoms with E-state index in [1.165, 1.54) is 31.2 Å². The standard InChI is InChI=1S/C18H22ClN3O2/c1-12-21-17(22-24-12)10-18(23)20-11-16(13-4-2-3-5-13)14-6-8-15(19)9-7-14/h6-9,13,16H,2-5,10-11H2,1H3,(H,20,23). The van der Waals surface area contributed by atoms with Crippen LogP contribution in [-0.4, -0.2) is 22.6 Å². The van der Waals surface area contributed by atoms with E-state index in [0.717, 1.165) is 5.02 Å². The Morgan fingerprint density at radius 3 is 2.67 bits per heavy atom. The molecule has 5 nitrogen and oxygen atoms in total. The molecule has 1 unspecified atom stereocenters. The Morgan fingerprint density at radius 1 is 1.33 bits per heavy atom. The monoisotopic (exact) mass is 347 g/mol. The zero-order chi connectivity index (χ0) is 16.9. The average Bonchev–Trinajstić information content (AvgIpc) is 3.21. The fourth-order valence-corrected chi connectivity index (χ4v) is 3.60. The Kier molecular flexibility index (Phi) is 5.51. The van der Waals surface area contributed by atoms with Gasteiger partial charge in [-0.25, -0.2) is 0 Å². The zero-order valence-corrected chi connectivity index (χ0v) is 14.6. The molecular formula is C18H22ClN3O2. The summed E-state index contributed by atoms with van der Waals surface area (Å²) in [5, 5.41) is 7.54. The van der Waals surface area contributed by atoms with Crippen molar-refractivity contribution in [2.24, 2.45) is 5.92 Å². The van der Waals surface area contributed by atoms with Gasteiger partial charge in [0, 0.05) is 24.4 Å². The summed E-state index contributed by atoms with van der Waals surface area (Å²) in [6.45, 7) is 2.34. The summed E-state index contributed by atoms with van der Waals surface area (Å²) in [6.07, 6.45) is 5.12. The highest BCUT2D eigenvalue weighted by Gasteiger charge is 2.26. The molecule has 1 amide bonds. The lowest BCUT2D eigenvalue weighted by atomic mass is 9.85. The van der Waals surface area contributed by atoms with Crippen LogP contribution in [-0.2, 0) is 11.2 Å². The molecule has 0 bridgehead atoms. The largest absolute Gasteiger partial charge is 0.355 e. The van der Waals surface area contributed by atoms with Crippen LogP contribution in [0.25, 0.3) is 0 Å². The number of nitrogens with one attached hydrogen (secondary N) is 1. The normalized spacial score (nSPS) is 16.2. The van der Waals surface area contributed by atoms with E-state index in [1.807, 2.05) is 12.1 Å². The van der Waals surface area contributed by atoms with Crippen LogP contribution >= 0.6 is 11.6 Å². The lowest BCUT2D eigenvalue weighted by molar-refractivity contribution is -0.120. The second-order valence-corrected chi connectivity index (χ2v) is 6.85. The van der Waals surface area contributed by atoms with Gasteiger partial charge < -0.3 is 9.84 Å². The second-order valence-electron chi connectivity index (χ2n) is 6.41. The summed E-state index contributed by atoms with van der Waals surface area (Å²) in [4.78, 5) is 16.2. The molecule has 6 heteroatoms. The number of aromatic nitrogens is 2. The van der Waals surface area contributed by atoms with Gasteiger partial charge >= 0.3 is 0 Å². The molecule has 1 N–H and O–H groups in total. The summed E-state index contributed by atoms with van der Waals surface area (Å²) in [6, 6.07) is 7.98. The number of hydrogen-bond acceptors (Lipinski definition) is 4. The number of halogens is 1. The van der Waals surface area contributed by atoms with E-state index in [2.05, 4.69) is 27.6 Å². The molecule has 24 heavy (non-hydrogen) atoms. The predicted octanol–water partition coefficient (Wildman–Crippen LogP) is 3.66. The maximum Gasteiger partial charge on any atom is 0.227 e. The number of carbonyl (C=O) groups excluding carboxylic acids is 1. The van der Waals surface area contributed by atoms with Crippen molar-refractivity contribution in [2.45, 2.75) is 44.9 Å². The maximum atomic E-state index is 12.2. The fraction of sp³-hybridized carbons (Fsp3) is 0.500. The highest BCUT2D eigenvalue weighted by molar-refractivity contribution is 6.30. The number of hydrogen-bond donors (Lipinski definition) is 1. The topological polar surface area (TPSA) is 68.0 Å². The first kappa shape index (κ1) is 17.0. The lowest BCUT2D eigenvalue weighted by Crippen LogP contribution is -2.32. The fourth-order valence-electron chi connectivity index (χ4n) is 3.47. The van der Waals surface area contributed by atoms with Gasteiger partial charge in [0.05, 0.1) is 6.42 Å². The van der Waals surface area contributed by atoms with Crippen molar-refractivity contribution in [1.29, 1.82) is 0 Å². The van der Waals surface area contributed by atoms with Crippen LogP contribution in [0.4, 0.5) is 0 Å². The molecule has 1 saturated carbocycles. The van der Waals surface area contributed by atoms with Gasteiger partial charge in [0.25, 0.3) is 0 Å². The average molecular weight is 348 g/mol. The number of amides is 1. The van der Waals surface area contributed by atoms with E-state index >= 15 is 0 Å². The lowest BCUT2D eigenvalue weighted by Gasteiger charge is -2.24. The SMILES string of the molecule is Cc1nc(CC(=O)NCC(c2ccc(Cl)cc2)C2CCCC2)no1. The molecule has 1 heterocycles. The Morgan fingerprint density at radius 2 is 2.04 bits per heavy atom. The van der Waals surface area contributed by atoms with E-state index in [9.17, 15) is 4.79 Å². The van der Waals surface area contributed by atoms with Crippen molar-refractivity contribution in [3.63, 3.8) is 0 Å². The van der Waals surface area contributed by atoms with Gasteiger partial charge in [0.2, 0.25) is 11.8 Å². The Labute approximate surface area is 146 Å². The smallest absolute Gasteiger partial charge is 0.227 e. The predicted molar refractivity (Wildman–Crippen MR) is 91.9 cm³/mol. The van der Waals surface area contributed by atoms with Crippen LogP contribution in [0, 0.1) is 12.8 Å². The van der Waals surface area contributed by atoms with Crippen molar-refractivity contribution < 1.29 is 9.32 Å². The van der Waals surface area contributed by atoms with Crippen LogP contribution < -0.4 is 5.32 Å². The molecule has 1 atom stereocenters. The molecule has 1 aliphatic carbocycles. The summed E-state index contributed by atoms with van der Waals surface area (Å²) in [7, 11) is 0. The molecule has 0 spiro atoms. The van der Waals surface area contributed by atoms with Gasteiger partial charge in [0.15, 0.2) is 5.82 Å². The molecule has 128 valence electrons. The highest BCUT2D eigenvalue weighted by atomic mass is 35.5. The van der Waals surface area contributed by atoms with Crippen LogP contribution in [0.15, 0.2) is 28.8 Å². The van der Waals surface area contributed by atoms with Crippen LogP contribution in [0.5, 0.6) is 0 Å². The first-order chi connectivity index (χ1) is 11.6. The third kappa shape index (κ3) is 4.35. The van der Waals surface area contributed by atoms with E-state index in [0.29, 0.717) is 30.1 Å². The van der Waals surface area contributed by atoms with Gasteiger partial charge in [-0.1, -0.05) is 41.7 Å². The summed E-state index contributed by atoms with van der Waals surface area (Å²) >= 11 is 6.00. The van der Waals surface area contributed by atoms with E-state index < -0.39 is 0 Å². The maximum absolute atomic E-state index is 12.2. The number of aryl methyl sites for hydroxylation is 1. The summed E-state index contributed by atoms with van der Waals surface area (Å²) in [5.74, 6) is 1.75. The molecular weight excluding hydrogens is 326 g/mol. The van der Waals surface area contributed by atoms with E-state index in [-0.39, 0.29) is 12.3 Å². The number of benzene rings is 1. The van der Waals surface area contributed by atoms with Crippen LogP contribution in [0.3, 0.4) is 0 Å². The minimum absolute atomic E-state index is 0.0761. The highest BCUT2D eigenvalue weighted by Crippen LogP contribution is 2.37. The molecule has 0 saturated heterocycles. The quantitative estimate of drug-likeness (QED) is 0.865. The second kappa shape index (κ2) is 7.79. The Bertz CT molecular complexity index is 678. The van der Waals surface area contributed by atoms with Crippen LogP contribution in [0.1, 0.15) is 48.9 Å². The molecule has 0 aliphatic heterocycles. The third-order valence-electron chi connectivity index (χ3n) is 4.67. The minimum Gasteiger partial charge on any atom is -0.355 e. The van der Waals surface area contributed by atoms with Gasteiger partial charge in [-0.2, -0.15) is 4.98 Å². The van der Waals surface area contributed by atoms with Gasteiger partial charge in [-0.05, 0) is 36.5 Å². The number of rotatable bonds is 6. The zero-order valence-electron chi connectivity index (χ0n) is 13.8. The summed E-state index contributed by atoms with van der Waals surface area (Å²) < 4.78 is 4.90. The Hall–Kier alpha value is -1.88. The van der Waals surface area contributed by atoms with Crippen molar-refractivity contribution in [1.82, 2.24) is 15.5 Å². The van der Waals surface area contributed by atoms with Gasteiger partial charge in [-0.3, -0.25) is 4.79 Å². The first-order valence-electron chi connectivity index (χ1n) is 8.43.